The fourth-order valence-corrected chi connectivity index (χ4v) is 2.57. The van der Waals surface area contributed by atoms with Crippen LogP contribution in [-0.4, -0.2) is 60.1 Å². The molecule has 0 aliphatic carbocycles. The molecule has 8 heteroatoms. The molecule has 2 amide bonds. The molecule has 0 bridgehead atoms. The van der Waals surface area contributed by atoms with Gasteiger partial charge in [-0.25, -0.2) is 9.18 Å². The van der Waals surface area contributed by atoms with Crippen molar-refractivity contribution in [3.05, 3.63) is 29.0 Å². The molecule has 1 aliphatic rings. The third kappa shape index (κ3) is 6.17. The first-order valence-corrected chi connectivity index (χ1v) is 8.47. The molecular weight excluding hydrogens is 349 g/mol. The quantitative estimate of drug-likeness (QED) is 0.887. The van der Waals surface area contributed by atoms with E-state index in [1.54, 1.807) is 4.90 Å². The summed E-state index contributed by atoms with van der Waals surface area (Å²) < 4.78 is 18.5. The number of amides is 2. The highest BCUT2D eigenvalue weighted by molar-refractivity contribution is 6.31. The van der Waals surface area contributed by atoms with E-state index in [1.807, 2.05) is 25.7 Å². The highest BCUT2D eigenvalue weighted by atomic mass is 35.5. The summed E-state index contributed by atoms with van der Waals surface area (Å²) in [7, 11) is 0. The monoisotopic (exact) mass is 371 g/mol. The predicted octanol–water partition coefficient (Wildman–Crippen LogP) is 2.97. The van der Waals surface area contributed by atoms with E-state index in [0.717, 1.165) is 0 Å². The largest absolute Gasteiger partial charge is 0.444 e. The number of anilines is 1. The van der Waals surface area contributed by atoms with E-state index in [0.29, 0.717) is 31.9 Å². The maximum atomic E-state index is 13.1. The zero-order valence-electron chi connectivity index (χ0n) is 14.6. The van der Waals surface area contributed by atoms with Crippen LogP contribution in [0.3, 0.4) is 0 Å². The van der Waals surface area contributed by atoms with Crippen LogP contribution >= 0.6 is 11.6 Å². The van der Waals surface area contributed by atoms with Crippen molar-refractivity contribution in [2.75, 3.05) is 38.0 Å². The fourth-order valence-electron chi connectivity index (χ4n) is 2.39. The number of rotatable bonds is 3. The topological polar surface area (TPSA) is 61.9 Å². The van der Waals surface area contributed by atoms with Crippen LogP contribution in [0.4, 0.5) is 14.9 Å². The van der Waals surface area contributed by atoms with Crippen molar-refractivity contribution in [1.29, 1.82) is 0 Å². The summed E-state index contributed by atoms with van der Waals surface area (Å²) in [5.74, 6) is -0.744. The highest BCUT2D eigenvalue weighted by Crippen LogP contribution is 2.19. The first-order chi connectivity index (χ1) is 11.6. The maximum Gasteiger partial charge on any atom is 0.410 e. The van der Waals surface area contributed by atoms with Gasteiger partial charge >= 0.3 is 6.09 Å². The Labute approximate surface area is 151 Å². The molecule has 0 atom stereocenters. The lowest BCUT2D eigenvalue weighted by Crippen LogP contribution is -2.51. The Hall–Kier alpha value is -1.86. The summed E-state index contributed by atoms with van der Waals surface area (Å²) in [6.45, 7) is 7.84. The van der Waals surface area contributed by atoms with Gasteiger partial charge in [0.15, 0.2) is 0 Å². The number of piperazine rings is 1. The van der Waals surface area contributed by atoms with Gasteiger partial charge in [0.05, 0.1) is 11.6 Å². The van der Waals surface area contributed by atoms with Gasteiger partial charge in [0.1, 0.15) is 11.4 Å². The number of nitrogens with one attached hydrogen (secondary N) is 1. The molecule has 1 fully saturated rings. The van der Waals surface area contributed by atoms with Gasteiger partial charge in [0, 0.05) is 31.9 Å². The number of hydrogen-bond acceptors (Lipinski definition) is 4. The Morgan fingerprint density at radius 1 is 1.24 bits per heavy atom. The van der Waals surface area contributed by atoms with E-state index in [-0.39, 0.29) is 23.6 Å². The second-order valence-corrected chi connectivity index (χ2v) is 7.33. The van der Waals surface area contributed by atoms with Gasteiger partial charge in [-0.15, -0.1) is 0 Å². The molecule has 0 aromatic heterocycles. The number of benzene rings is 1. The second kappa shape index (κ2) is 8.01. The predicted molar refractivity (Wildman–Crippen MR) is 94.3 cm³/mol. The highest BCUT2D eigenvalue weighted by Gasteiger charge is 2.26. The van der Waals surface area contributed by atoms with Gasteiger partial charge in [-0.05, 0) is 39.0 Å². The van der Waals surface area contributed by atoms with Gasteiger partial charge in [-0.2, -0.15) is 0 Å². The molecule has 2 rings (SSSR count). The summed E-state index contributed by atoms with van der Waals surface area (Å²) in [6, 6.07) is 4.03. The van der Waals surface area contributed by atoms with Crippen LogP contribution in [0.5, 0.6) is 0 Å². The minimum atomic E-state index is -0.530. The van der Waals surface area contributed by atoms with Crippen molar-refractivity contribution in [2.45, 2.75) is 26.4 Å². The van der Waals surface area contributed by atoms with Gasteiger partial charge < -0.3 is 15.0 Å². The summed E-state index contributed by atoms with van der Waals surface area (Å²) in [4.78, 5) is 27.7. The van der Waals surface area contributed by atoms with Gasteiger partial charge in [0.25, 0.3) is 0 Å². The minimum absolute atomic E-state index is 0.0382. The molecular formula is C17H23ClFN3O3. The lowest BCUT2D eigenvalue weighted by molar-refractivity contribution is -0.117. The van der Waals surface area contributed by atoms with E-state index < -0.39 is 11.4 Å². The van der Waals surface area contributed by atoms with Crippen molar-refractivity contribution in [2.24, 2.45) is 0 Å². The Morgan fingerprint density at radius 3 is 2.44 bits per heavy atom. The molecule has 0 saturated carbocycles. The van der Waals surface area contributed by atoms with Crippen molar-refractivity contribution in [3.63, 3.8) is 0 Å². The van der Waals surface area contributed by atoms with Gasteiger partial charge in [-0.3, -0.25) is 9.69 Å². The summed E-state index contributed by atoms with van der Waals surface area (Å²) in [5.41, 5.74) is -0.0753. The van der Waals surface area contributed by atoms with E-state index in [9.17, 15) is 14.0 Å². The van der Waals surface area contributed by atoms with Crippen molar-refractivity contribution >= 4 is 29.3 Å². The van der Waals surface area contributed by atoms with Gasteiger partial charge in [0.2, 0.25) is 5.91 Å². The summed E-state index contributed by atoms with van der Waals surface area (Å²) in [5, 5.41) is 2.65. The van der Waals surface area contributed by atoms with Crippen molar-refractivity contribution in [3.8, 4) is 0 Å². The second-order valence-electron chi connectivity index (χ2n) is 6.92. The number of ether oxygens (including phenoxy) is 1. The number of carbonyl (C=O) groups excluding carboxylic acids is 2. The Kier molecular flexibility index (Phi) is 6.24. The maximum absolute atomic E-state index is 13.1. The molecule has 0 unspecified atom stereocenters. The zero-order valence-corrected chi connectivity index (χ0v) is 15.4. The Bertz CT molecular complexity index is 641. The number of halogens is 2. The van der Waals surface area contributed by atoms with Crippen molar-refractivity contribution < 1.29 is 18.7 Å². The van der Waals surface area contributed by atoms with Crippen LogP contribution < -0.4 is 5.32 Å². The third-order valence-electron chi connectivity index (χ3n) is 3.59. The van der Waals surface area contributed by atoms with E-state index in [1.165, 1.54) is 18.2 Å². The SMILES string of the molecule is CC(C)(C)OC(=O)N1CCN(CC(=O)Nc2ccc(F)c(Cl)c2)CC1. The molecule has 1 aromatic carbocycles. The minimum Gasteiger partial charge on any atom is -0.444 e. The van der Waals surface area contributed by atoms with Crippen LogP contribution in [-0.2, 0) is 9.53 Å². The Balaban J connectivity index is 1.78. The molecule has 1 N–H and O–H groups in total. The van der Waals surface area contributed by atoms with E-state index in [4.69, 9.17) is 16.3 Å². The molecule has 1 saturated heterocycles. The molecule has 6 nitrogen and oxygen atoms in total. The van der Waals surface area contributed by atoms with Crippen LogP contribution in [0, 0.1) is 5.82 Å². The van der Waals surface area contributed by atoms with Crippen LogP contribution in [0.2, 0.25) is 5.02 Å². The molecule has 0 radical (unpaired) electrons. The first-order valence-electron chi connectivity index (χ1n) is 8.09. The first kappa shape index (κ1) is 19.5. The smallest absolute Gasteiger partial charge is 0.410 e. The van der Waals surface area contributed by atoms with Crippen LogP contribution in [0.25, 0.3) is 0 Å². The molecule has 1 heterocycles. The number of nitrogens with zero attached hydrogens (tertiary/aromatic N) is 2. The summed E-state index contributed by atoms with van der Waals surface area (Å²) >= 11 is 5.69. The Morgan fingerprint density at radius 2 is 1.88 bits per heavy atom. The standard InChI is InChI=1S/C17H23ClFN3O3/c1-17(2,3)25-16(24)22-8-6-21(7-9-22)11-15(23)20-12-4-5-14(19)13(18)10-12/h4-5,10H,6-9,11H2,1-3H3,(H,20,23). The lowest BCUT2D eigenvalue weighted by atomic mass is 10.2. The molecule has 25 heavy (non-hydrogen) atoms. The number of carbonyl (C=O) groups is 2. The van der Waals surface area contributed by atoms with Crippen LogP contribution in [0.15, 0.2) is 18.2 Å². The van der Waals surface area contributed by atoms with Crippen LogP contribution in [0.1, 0.15) is 20.8 Å². The summed E-state index contributed by atoms with van der Waals surface area (Å²) in [6.07, 6.45) is -0.336. The molecule has 1 aromatic rings. The lowest BCUT2D eigenvalue weighted by Gasteiger charge is -2.35. The van der Waals surface area contributed by atoms with Crippen molar-refractivity contribution in [1.82, 2.24) is 9.80 Å². The average Bonchev–Trinajstić information content (AvgIpc) is 2.50. The molecule has 138 valence electrons. The zero-order chi connectivity index (χ0) is 18.6. The molecule has 0 spiro atoms. The molecule has 1 aliphatic heterocycles. The number of hydrogen-bond donors (Lipinski definition) is 1. The van der Waals surface area contributed by atoms with E-state index >= 15 is 0 Å². The normalized spacial score (nSPS) is 15.8. The fraction of sp³-hybridized carbons (Fsp3) is 0.529. The average molecular weight is 372 g/mol. The van der Waals surface area contributed by atoms with Gasteiger partial charge in [-0.1, -0.05) is 11.6 Å². The third-order valence-corrected chi connectivity index (χ3v) is 3.88. The van der Waals surface area contributed by atoms with E-state index in [2.05, 4.69) is 5.32 Å².